The summed E-state index contributed by atoms with van der Waals surface area (Å²) in [6, 6.07) is 11.9. The van der Waals surface area contributed by atoms with Crippen LogP contribution in [-0.4, -0.2) is 47.3 Å². The molecule has 1 fully saturated rings. The van der Waals surface area contributed by atoms with Crippen LogP contribution in [-0.2, 0) is 15.9 Å². The van der Waals surface area contributed by atoms with Crippen molar-refractivity contribution < 1.29 is 14.3 Å². The van der Waals surface area contributed by atoms with Gasteiger partial charge in [0, 0.05) is 23.2 Å². The van der Waals surface area contributed by atoms with Gasteiger partial charge in [0.1, 0.15) is 0 Å². The van der Waals surface area contributed by atoms with E-state index in [1.807, 2.05) is 31.3 Å². The van der Waals surface area contributed by atoms with Crippen molar-refractivity contribution in [2.75, 3.05) is 25.6 Å². The smallest absolute Gasteiger partial charge is 0.356 e. The molecule has 0 radical (unpaired) electrons. The highest BCUT2D eigenvalue weighted by Gasteiger charge is 2.29. The van der Waals surface area contributed by atoms with E-state index < -0.39 is 5.97 Å². The average molecular weight is 378 g/mol. The van der Waals surface area contributed by atoms with Crippen LogP contribution in [0.25, 0.3) is 10.9 Å². The molecule has 1 aliphatic heterocycles. The van der Waals surface area contributed by atoms with Crippen LogP contribution in [0.4, 0.5) is 5.95 Å². The first-order valence-electron chi connectivity index (χ1n) is 9.25. The van der Waals surface area contributed by atoms with Gasteiger partial charge < -0.3 is 14.8 Å². The highest BCUT2D eigenvalue weighted by Crippen LogP contribution is 2.25. The Bertz CT molecular complexity index is 1000. The lowest BCUT2D eigenvalue weighted by atomic mass is 9.93. The summed E-state index contributed by atoms with van der Waals surface area (Å²) in [5.74, 6) is 0.202. The molecule has 0 unspecified atom stereocenters. The molecule has 0 bridgehead atoms. The molecule has 1 aliphatic rings. The second-order valence-electron chi connectivity index (χ2n) is 6.95. The summed E-state index contributed by atoms with van der Waals surface area (Å²) in [7, 11) is 1.34. The highest BCUT2D eigenvalue weighted by molar-refractivity contribution is 5.87. The topological polar surface area (TPSA) is 86.2 Å². The van der Waals surface area contributed by atoms with Gasteiger partial charge in [0.25, 0.3) is 0 Å². The number of nitrogens with one attached hydrogen (secondary N) is 1. The van der Waals surface area contributed by atoms with Gasteiger partial charge in [-0.05, 0) is 37.1 Å². The Balaban J connectivity index is 1.54. The Morgan fingerprint density at radius 1 is 1.25 bits per heavy atom. The van der Waals surface area contributed by atoms with Gasteiger partial charge in [-0.1, -0.05) is 18.2 Å². The van der Waals surface area contributed by atoms with E-state index in [2.05, 4.69) is 32.4 Å². The monoisotopic (exact) mass is 378 g/mol. The molecule has 7 nitrogen and oxygen atoms in total. The van der Waals surface area contributed by atoms with Crippen LogP contribution < -0.4 is 5.32 Å². The number of anilines is 1. The number of carbonyl (C=O) groups excluding carboxylic acids is 1. The third-order valence-corrected chi connectivity index (χ3v) is 4.98. The number of nitrogens with zero attached hydrogens (tertiary/aromatic N) is 3. The fourth-order valence-corrected chi connectivity index (χ4v) is 3.58. The molecule has 1 N–H and O–H groups in total. The number of esters is 1. The number of ether oxygens (including phenoxy) is 2. The number of benzene rings is 1. The van der Waals surface area contributed by atoms with Crippen molar-refractivity contribution in [2.24, 2.45) is 5.92 Å². The Kier molecular flexibility index (Phi) is 5.16. The van der Waals surface area contributed by atoms with E-state index in [0.717, 1.165) is 17.3 Å². The fraction of sp³-hybridized carbons (Fsp3) is 0.333. The van der Waals surface area contributed by atoms with Crippen LogP contribution in [0.5, 0.6) is 0 Å². The van der Waals surface area contributed by atoms with Crippen LogP contribution in [0.2, 0.25) is 0 Å². The molecule has 0 amide bonds. The number of fused-ring (bicyclic) bond motifs is 1. The van der Waals surface area contributed by atoms with Crippen molar-refractivity contribution in [2.45, 2.75) is 19.4 Å². The molecule has 144 valence electrons. The first-order chi connectivity index (χ1) is 13.6. The maximum absolute atomic E-state index is 11.8. The minimum absolute atomic E-state index is 0.0548. The van der Waals surface area contributed by atoms with E-state index in [1.165, 1.54) is 12.7 Å². The number of aryl methyl sites for hydroxylation is 1. The molecule has 2 aromatic heterocycles. The van der Waals surface area contributed by atoms with Gasteiger partial charge in [0.05, 0.1) is 31.9 Å². The lowest BCUT2D eigenvalue weighted by molar-refractivity contribution is 0.0594. The molecule has 0 spiro atoms. The summed E-state index contributed by atoms with van der Waals surface area (Å²) >= 11 is 0. The number of hydrogen-bond donors (Lipinski definition) is 1. The number of pyridine rings is 1. The zero-order valence-corrected chi connectivity index (χ0v) is 15.9. The van der Waals surface area contributed by atoms with Crippen molar-refractivity contribution in [3.05, 3.63) is 59.5 Å². The van der Waals surface area contributed by atoms with Crippen molar-refractivity contribution in [3.63, 3.8) is 0 Å². The molecule has 3 heterocycles. The van der Waals surface area contributed by atoms with Crippen LogP contribution in [0, 0.1) is 12.8 Å². The van der Waals surface area contributed by atoms with Crippen molar-refractivity contribution in [1.82, 2.24) is 15.0 Å². The quantitative estimate of drug-likeness (QED) is 0.683. The van der Waals surface area contributed by atoms with Gasteiger partial charge in [0.2, 0.25) is 5.95 Å². The Hall–Kier alpha value is -3.06. The number of aromatic nitrogens is 3. The van der Waals surface area contributed by atoms with Gasteiger partial charge in [-0.3, -0.25) is 4.98 Å². The summed E-state index contributed by atoms with van der Waals surface area (Å²) in [6.07, 6.45) is 2.71. The number of hydrogen-bond acceptors (Lipinski definition) is 7. The zero-order valence-electron chi connectivity index (χ0n) is 15.9. The molecule has 0 saturated carbocycles. The molecule has 2 atom stereocenters. The zero-order chi connectivity index (χ0) is 19.5. The van der Waals surface area contributed by atoms with E-state index in [0.29, 0.717) is 24.9 Å². The van der Waals surface area contributed by atoms with Crippen LogP contribution >= 0.6 is 0 Å². The molecular formula is C21H22N4O3. The van der Waals surface area contributed by atoms with Crippen molar-refractivity contribution >= 4 is 22.8 Å². The second-order valence-corrected chi connectivity index (χ2v) is 6.95. The van der Waals surface area contributed by atoms with Crippen LogP contribution in [0.15, 0.2) is 42.6 Å². The Morgan fingerprint density at radius 2 is 2.11 bits per heavy atom. The Morgan fingerprint density at radius 3 is 2.96 bits per heavy atom. The first kappa shape index (κ1) is 18.3. The number of methoxy groups -OCH3 is 1. The molecule has 0 aliphatic carbocycles. The molecule has 1 saturated heterocycles. The van der Waals surface area contributed by atoms with E-state index in [9.17, 15) is 4.79 Å². The second kappa shape index (κ2) is 7.90. The maximum Gasteiger partial charge on any atom is 0.356 e. The van der Waals surface area contributed by atoms with Crippen LogP contribution in [0.1, 0.15) is 21.7 Å². The number of rotatable bonds is 5. The average Bonchev–Trinajstić information content (AvgIpc) is 3.13. The number of carbonyl (C=O) groups is 1. The van der Waals surface area contributed by atoms with Crippen molar-refractivity contribution in [1.29, 1.82) is 0 Å². The minimum atomic E-state index is -0.476. The first-order valence-corrected chi connectivity index (χ1v) is 9.25. The lowest BCUT2D eigenvalue weighted by Crippen LogP contribution is -2.30. The maximum atomic E-state index is 11.8. The minimum Gasteiger partial charge on any atom is -0.464 e. The predicted octanol–water partition coefficient (Wildman–Crippen LogP) is 2.79. The van der Waals surface area contributed by atoms with E-state index in [4.69, 9.17) is 9.47 Å². The molecule has 3 aromatic rings. The molecule has 4 rings (SSSR count). The summed E-state index contributed by atoms with van der Waals surface area (Å²) in [4.78, 5) is 25.0. The van der Waals surface area contributed by atoms with Gasteiger partial charge in [-0.2, -0.15) is 0 Å². The molecule has 1 aromatic carbocycles. The summed E-state index contributed by atoms with van der Waals surface area (Å²) in [5, 5.41) is 4.51. The standard InChI is InChI=1S/C21H22N4O3/c1-13-9-18(20(26)27-2)24-21(23-13)25-19-12-28-11-15(19)10-14-7-8-22-17-6-4-3-5-16(14)17/h3-9,15,19H,10-12H2,1-2H3,(H,23,24,25)/t15-,19+/m1/s1. The predicted molar refractivity (Wildman–Crippen MR) is 105 cm³/mol. The van der Waals surface area contributed by atoms with Gasteiger partial charge >= 0.3 is 5.97 Å². The van der Waals surface area contributed by atoms with Crippen LogP contribution in [0.3, 0.4) is 0 Å². The van der Waals surface area contributed by atoms with E-state index in [1.54, 1.807) is 6.07 Å². The van der Waals surface area contributed by atoms with Crippen molar-refractivity contribution in [3.8, 4) is 0 Å². The lowest BCUT2D eigenvalue weighted by Gasteiger charge is -2.20. The third-order valence-electron chi connectivity index (χ3n) is 4.98. The largest absolute Gasteiger partial charge is 0.464 e. The van der Waals surface area contributed by atoms with Gasteiger partial charge in [-0.15, -0.1) is 0 Å². The SMILES string of the molecule is COC(=O)c1cc(C)nc(N[C@H]2COC[C@H]2Cc2ccnc3ccccc23)n1. The fourth-order valence-electron chi connectivity index (χ4n) is 3.58. The number of para-hydroxylation sites is 1. The highest BCUT2D eigenvalue weighted by atomic mass is 16.5. The Labute approximate surface area is 163 Å². The summed E-state index contributed by atoms with van der Waals surface area (Å²) < 4.78 is 10.5. The molecule has 7 heteroatoms. The van der Waals surface area contributed by atoms with E-state index >= 15 is 0 Å². The molecule has 28 heavy (non-hydrogen) atoms. The molecular weight excluding hydrogens is 356 g/mol. The summed E-state index contributed by atoms with van der Waals surface area (Å²) in [5.41, 5.74) is 3.18. The van der Waals surface area contributed by atoms with Gasteiger partial charge in [-0.25, -0.2) is 14.8 Å². The third kappa shape index (κ3) is 3.80. The summed E-state index contributed by atoms with van der Waals surface area (Å²) in [6.45, 7) is 3.05. The van der Waals surface area contributed by atoms with E-state index in [-0.39, 0.29) is 17.7 Å². The van der Waals surface area contributed by atoms with Gasteiger partial charge in [0.15, 0.2) is 5.69 Å². The normalized spacial score (nSPS) is 18.9.